The van der Waals surface area contributed by atoms with Gasteiger partial charge in [0.25, 0.3) is 5.91 Å². The van der Waals surface area contributed by atoms with E-state index >= 15 is 0 Å². The minimum absolute atomic E-state index is 0. The number of rotatable bonds is 5. The minimum atomic E-state index is -0.411. The lowest BCUT2D eigenvalue weighted by atomic mass is 10.0. The standard InChI is InChI=1S/C21H24ClN3O2.ClH/c22-16-9-10-17(21(27)25-11-5-2-6-12-25)19(13-16)24-20(26)14-18(23)15-7-3-1-4-8-15;/h1,3-4,7-10,13,18H,2,5-6,11-12,14,23H2,(H,24,26);1H. The number of amides is 2. The second kappa shape index (κ2) is 10.5. The molecule has 1 heterocycles. The molecule has 1 fully saturated rings. The summed E-state index contributed by atoms with van der Waals surface area (Å²) in [6.07, 6.45) is 3.28. The highest BCUT2D eigenvalue weighted by Crippen LogP contribution is 2.25. The number of benzene rings is 2. The van der Waals surface area contributed by atoms with Gasteiger partial charge in [-0.15, -0.1) is 12.4 Å². The molecule has 2 aromatic carbocycles. The predicted molar refractivity (Wildman–Crippen MR) is 115 cm³/mol. The van der Waals surface area contributed by atoms with Crippen molar-refractivity contribution in [1.82, 2.24) is 4.90 Å². The van der Waals surface area contributed by atoms with Gasteiger partial charge in [0.2, 0.25) is 5.91 Å². The van der Waals surface area contributed by atoms with Crippen LogP contribution in [0.1, 0.15) is 47.6 Å². The van der Waals surface area contributed by atoms with E-state index in [9.17, 15) is 9.59 Å². The molecule has 2 amide bonds. The van der Waals surface area contributed by atoms with Gasteiger partial charge in [-0.3, -0.25) is 9.59 Å². The van der Waals surface area contributed by atoms with Crippen molar-refractivity contribution in [2.75, 3.05) is 18.4 Å². The molecular formula is C21H25Cl2N3O2. The van der Waals surface area contributed by atoms with Crippen LogP contribution in [-0.2, 0) is 4.79 Å². The second-order valence-corrected chi connectivity index (χ2v) is 7.25. The van der Waals surface area contributed by atoms with Crippen LogP contribution in [0, 0.1) is 0 Å². The molecule has 3 rings (SSSR count). The average molecular weight is 422 g/mol. The van der Waals surface area contributed by atoms with Crippen LogP contribution >= 0.6 is 24.0 Å². The Morgan fingerprint density at radius 3 is 2.43 bits per heavy atom. The van der Waals surface area contributed by atoms with E-state index in [0.29, 0.717) is 16.3 Å². The molecule has 28 heavy (non-hydrogen) atoms. The lowest BCUT2D eigenvalue weighted by molar-refractivity contribution is -0.116. The third kappa shape index (κ3) is 5.71. The topological polar surface area (TPSA) is 75.4 Å². The summed E-state index contributed by atoms with van der Waals surface area (Å²) in [6.45, 7) is 1.49. The number of halogens is 2. The molecule has 1 saturated heterocycles. The summed E-state index contributed by atoms with van der Waals surface area (Å²) in [5.74, 6) is -0.324. The van der Waals surface area contributed by atoms with E-state index in [-0.39, 0.29) is 30.6 Å². The summed E-state index contributed by atoms with van der Waals surface area (Å²) in [4.78, 5) is 27.2. The lowest BCUT2D eigenvalue weighted by Gasteiger charge is -2.27. The number of hydrogen-bond acceptors (Lipinski definition) is 3. The second-order valence-electron chi connectivity index (χ2n) is 6.81. The van der Waals surface area contributed by atoms with Crippen molar-refractivity contribution >= 4 is 41.5 Å². The van der Waals surface area contributed by atoms with Crippen molar-refractivity contribution in [3.63, 3.8) is 0 Å². The van der Waals surface area contributed by atoms with Crippen LogP contribution in [0.25, 0.3) is 0 Å². The molecule has 0 spiro atoms. The highest BCUT2D eigenvalue weighted by Gasteiger charge is 2.22. The summed E-state index contributed by atoms with van der Waals surface area (Å²) in [6, 6.07) is 14.0. The summed E-state index contributed by atoms with van der Waals surface area (Å²) in [5, 5.41) is 3.29. The maximum Gasteiger partial charge on any atom is 0.255 e. The highest BCUT2D eigenvalue weighted by molar-refractivity contribution is 6.31. The highest BCUT2D eigenvalue weighted by atomic mass is 35.5. The Kier molecular flexibility index (Phi) is 8.30. The first-order chi connectivity index (χ1) is 13.0. The normalized spacial score (nSPS) is 14.7. The Morgan fingerprint density at radius 1 is 1.07 bits per heavy atom. The SMILES string of the molecule is Cl.NC(CC(=O)Nc1cc(Cl)ccc1C(=O)N1CCCCC1)c1ccccc1. The van der Waals surface area contributed by atoms with Crippen LogP contribution in [-0.4, -0.2) is 29.8 Å². The largest absolute Gasteiger partial charge is 0.339 e. The van der Waals surface area contributed by atoms with Crippen molar-refractivity contribution in [2.45, 2.75) is 31.7 Å². The van der Waals surface area contributed by atoms with Gasteiger partial charge in [-0.05, 0) is 43.0 Å². The molecule has 1 aliphatic rings. The number of anilines is 1. The van der Waals surface area contributed by atoms with Crippen molar-refractivity contribution < 1.29 is 9.59 Å². The summed E-state index contributed by atoms with van der Waals surface area (Å²) >= 11 is 6.09. The Labute approximate surface area is 176 Å². The number of likely N-dealkylation sites (tertiary alicyclic amines) is 1. The molecule has 0 aliphatic carbocycles. The summed E-state index contributed by atoms with van der Waals surface area (Å²) in [5.41, 5.74) is 7.92. The maximum atomic E-state index is 12.9. The van der Waals surface area contributed by atoms with E-state index in [2.05, 4.69) is 5.32 Å². The number of carbonyl (C=O) groups is 2. The minimum Gasteiger partial charge on any atom is -0.339 e. The molecule has 150 valence electrons. The molecule has 0 saturated carbocycles. The molecule has 1 aliphatic heterocycles. The van der Waals surface area contributed by atoms with Gasteiger partial charge in [-0.2, -0.15) is 0 Å². The van der Waals surface area contributed by atoms with Gasteiger partial charge >= 0.3 is 0 Å². The molecule has 1 atom stereocenters. The van der Waals surface area contributed by atoms with Gasteiger partial charge in [0.05, 0.1) is 11.3 Å². The first kappa shape index (κ1) is 22.2. The maximum absolute atomic E-state index is 12.9. The van der Waals surface area contributed by atoms with Gasteiger partial charge in [0.15, 0.2) is 0 Å². The van der Waals surface area contributed by atoms with Crippen molar-refractivity contribution in [2.24, 2.45) is 5.73 Å². The van der Waals surface area contributed by atoms with E-state index in [1.54, 1.807) is 18.2 Å². The number of carbonyl (C=O) groups excluding carboxylic acids is 2. The number of hydrogen-bond donors (Lipinski definition) is 2. The number of nitrogens with zero attached hydrogens (tertiary/aromatic N) is 1. The molecular weight excluding hydrogens is 397 g/mol. The van der Waals surface area contributed by atoms with Gasteiger partial charge in [0, 0.05) is 30.6 Å². The van der Waals surface area contributed by atoms with Gasteiger partial charge in [-0.1, -0.05) is 41.9 Å². The first-order valence-corrected chi connectivity index (χ1v) is 9.61. The quantitative estimate of drug-likeness (QED) is 0.749. The fourth-order valence-electron chi connectivity index (χ4n) is 3.29. The van der Waals surface area contributed by atoms with E-state index in [1.807, 2.05) is 35.2 Å². The first-order valence-electron chi connectivity index (χ1n) is 9.24. The molecule has 3 N–H and O–H groups in total. The van der Waals surface area contributed by atoms with Gasteiger partial charge < -0.3 is 16.0 Å². The monoisotopic (exact) mass is 421 g/mol. The molecule has 0 aromatic heterocycles. The Morgan fingerprint density at radius 2 is 1.75 bits per heavy atom. The van der Waals surface area contributed by atoms with E-state index < -0.39 is 6.04 Å². The fraction of sp³-hybridized carbons (Fsp3) is 0.333. The summed E-state index contributed by atoms with van der Waals surface area (Å²) < 4.78 is 0. The Bertz CT molecular complexity index is 809. The molecule has 1 unspecified atom stereocenters. The average Bonchev–Trinajstić information content (AvgIpc) is 2.69. The van der Waals surface area contributed by atoms with Crippen molar-refractivity contribution in [3.8, 4) is 0 Å². The van der Waals surface area contributed by atoms with Crippen LogP contribution in [0.4, 0.5) is 5.69 Å². The third-order valence-corrected chi connectivity index (χ3v) is 5.00. The fourth-order valence-corrected chi connectivity index (χ4v) is 3.46. The van der Waals surface area contributed by atoms with Gasteiger partial charge in [0.1, 0.15) is 0 Å². The summed E-state index contributed by atoms with van der Waals surface area (Å²) in [7, 11) is 0. The third-order valence-electron chi connectivity index (χ3n) is 4.76. The number of piperidine rings is 1. The van der Waals surface area contributed by atoms with Crippen molar-refractivity contribution in [1.29, 1.82) is 0 Å². The number of nitrogens with one attached hydrogen (secondary N) is 1. The van der Waals surface area contributed by atoms with Crippen LogP contribution in [0.3, 0.4) is 0 Å². The zero-order valence-corrected chi connectivity index (χ0v) is 17.1. The number of nitrogens with two attached hydrogens (primary N) is 1. The van der Waals surface area contributed by atoms with Crippen LogP contribution in [0.15, 0.2) is 48.5 Å². The van der Waals surface area contributed by atoms with Crippen LogP contribution < -0.4 is 11.1 Å². The molecule has 0 radical (unpaired) electrons. The van der Waals surface area contributed by atoms with E-state index in [4.69, 9.17) is 17.3 Å². The van der Waals surface area contributed by atoms with Crippen LogP contribution in [0.2, 0.25) is 5.02 Å². The molecule has 5 nitrogen and oxygen atoms in total. The molecule has 7 heteroatoms. The zero-order chi connectivity index (χ0) is 19.2. The van der Waals surface area contributed by atoms with E-state index in [1.165, 1.54) is 0 Å². The zero-order valence-electron chi connectivity index (χ0n) is 15.6. The van der Waals surface area contributed by atoms with E-state index in [0.717, 1.165) is 37.9 Å². The Hall–Kier alpha value is -2.08. The molecule has 0 bridgehead atoms. The van der Waals surface area contributed by atoms with Crippen molar-refractivity contribution in [3.05, 3.63) is 64.7 Å². The predicted octanol–water partition coefficient (Wildman–Crippen LogP) is 4.42. The van der Waals surface area contributed by atoms with Gasteiger partial charge in [-0.25, -0.2) is 0 Å². The molecule has 2 aromatic rings. The Balaban J connectivity index is 0.00000280. The lowest BCUT2D eigenvalue weighted by Crippen LogP contribution is -2.36. The smallest absolute Gasteiger partial charge is 0.255 e. The van der Waals surface area contributed by atoms with Crippen LogP contribution in [0.5, 0.6) is 0 Å².